The summed E-state index contributed by atoms with van der Waals surface area (Å²) in [6, 6.07) is 8.16. The lowest BCUT2D eigenvalue weighted by Crippen LogP contribution is -2.13. The Hall–Kier alpha value is -1.30. The van der Waals surface area contributed by atoms with Gasteiger partial charge in [-0.3, -0.25) is 0 Å². The summed E-state index contributed by atoms with van der Waals surface area (Å²) in [5.74, 6) is 0. The number of hydrogen-bond donors (Lipinski definition) is 2. The second-order valence-electron chi connectivity index (χ2n) is 4.24. The normalized spacial score (nSPS) is 19.2. The zero-order chi connectivity index (χ0) is 13.2. The molecule has 0 spiro atoms. The highest BCUT2D eigenvalue weighted by Gasteiger charge is 2.01. The maximum Gasteiger partial charge on any atom is 0.0701 e. The van der Waals surface area contributed by atoms with Crippen LogP contribution < -0.4 is 10.6 Å². The summed E-state index contributed by atoms with van der Waals surface area (Å²) in [6.45, 7) is 5.42. The Morgan fingerprint density at radius 3 is 1.53 bits per heavy atom. The van der Waals surface area contributed by atoms with Crippen LogP contribution in [0.3, 0.4) is 0 Å². The highest BCUT2D eigenvalue weighted by atomic mass is 16.5. The largest absolute Gasteiger partial charge is 0.381 e. The predicted octanol–water partition coefficient (Wildman–Crippen LogP) is 1.57. The standard InChI is InChI=1S/C14H22N2O3/c1-2-4-14-13(3-1)15-5-7-17-9-11-19-12-10-18-8-6-16-14/h1-4,15-16H,5-12H2. The Labute approximate surface area is 114 Å². The smallest absolute Gasteiger partial charge is 0.0701 e. The first-order valence-corrected chi connectivity index (χ1v) is 6.77. The van der Waals surface area contributed by atoms with Gasteiger partial charge in [-0.05, 0) is 12.1 Å². The first-order chi connectivity index (χ1) is 9.47. The van der Waals surface area contributed by atoms with Gasteiger partial charge >= 0.3 is 0 Å². The monoisotopic (exact) mass is 266 g/mol. The van der Waals surface area contributed by atoms with Gasteiger partial charge in [0.2, 0.25) is 0 Å². The number of nitrogens with one attached hydrogen (secondary N) is 2. The van der Waals surface area contributed by atoms with Crippen LogP contribution in [-0.4, -0.2) is 52.7 Å². The van der Waals surface area contributed by atoms with Gasteiger partial charge in [-0.15, -0.1) is 0 Å². The van der Waals surface area contributed by atoms with Crippen LogP contribution in [0.1, 0.15) is 0 Å². The Morgan fingerprint density at radius 2 is 1.05 bits per heavy atom. The fraction of sp³-hybridized carbons (Fsp3) is 0.571. The van der Waals surface area contributed by atoms with Crippen LogP contribution >= 0.6 is 0 Å². The van der Waals surface area contributed by atoms with E-state index >= 15 is 0 Å². The highest BCUT2D eigenvalue weighted by molar-refractivity contribution is 5.68. The molecule has 1 aliphatic heterocycles. The molecule has 0 saturated carbocycles. The van der Waals surface area contributed by atoms with E-state index in [4.69, 9.17) is 14.2 Å². The van der Waals surface area contributed by atoms with Gasteiger partial charge in [-0.2, -0.15) is 0 Å². The highest BCUT2D eigenvalue weighted by Crippen LogP contribution is 2.20. The van der Waals surface area contributed by atoms with Crippen molar-refractivity contribution < 1.29 is 14.2 Å². The van der Waals surface area contributed by atoms with E-state index in [0.29, 0.717) is 39.6 Å². The van der Waals surface area contributed by atoms with E-state index in [1.165, 1.54) is 0 Å². The van der Waals surface area contributed by atoms with Crippen LogP contribution in [0.2, 0.25) is 0 Å². The summed E-state index contributed by atoms with van der Waals surface area (Å²) in [7, 11) is 0. The van der Waals surface area contributed by atoms with Gasteiger partial charge in [0, 0.05) is 13.1 Å². The number of benzene rings is 1. The molecule has 1 heterocycles. The maximum atomic E-state index is 5.48. The number of ether oxygens (including phenoxy) is 3. The third-order valence-electron chi connectivity index (χ3n) is 2.79. The lowest BCUT2D eigenvalue weighted by atomic mass is 10.2. The van der Waals surface area contributed by atoms with E-state index in [1.807, 2.05) is 12.1 Å². The molecule has 2 rings (SSSR count). The molecule has 1 aromatic carbocycles. The topological polar surface area (TPSA) is 51.8 Å². The van der Waals surface area contributed by atoms with Crippen molar-refractivity contribution in [3.63, 3.8) is 0 Å². The molecule has 2 N–H and O–H groups in total. The van der Waals surface area contributed by atoms with Crippen LogP contribution in [0.5, 0.6) is 0 Å². The Balaban J connectivity index is 1.87. The zero-order valence-electron chi connectivity index (χ0n) is 11.2. The third-order valence-corrected chi connectivity index (χ3v) is 2.79. The number of para-hydroxylation sites is 2. The van der Waals surface area contributed by atoms with Gasteiger partial charge < -0.3 is 24.8 Å². The van der Waals surface area contributed by atoms with Crippen molar-refractivity contribution in [2.24, 2.45) is 0 Å². The van der Waals surface area contributed by atoms with Crippen LogP contribution in [0.15, 0.2) is 24.3 Å². The van der Waals surface area contributed by atoms with Crippen molar-refractivity contribution in [1.29, 1.82) is 0 Å². The molecule has 0 saturated heterocycles. The number of fused-ring (bicyclic) bond motifs is 1. The minimum Gasteiger partial charge on any atom is -0.381 e. The summed E-state index contributed by atoms with van der Waals surface area (Å²) in [4.78, 5) is 0. The minimum absolute atomic E-state index is 0.623. The second-order valence-corrected chi connectivity index (χ2v) is 4.24. The van der Waals surface area contributed by atoms with Gasteiger partial charge in [0.1, 0.15) is 0 Å². The summed E-state index contributed by atoms with van der Waals surface area (Å²) >= 11 is 0. The average molecular weight is 266 g/mol. The number of hydrogen-bond acceptors (Lipinski definition) is 5. The van der Waals surface area contributed by atoms with E-state index in [0.717, 1.165) is 24.5 Å². The second kappa shape index (κ2) is 8.74. The van der Waals surface area contributed by atoms with E-state index in [9.17, 15) is 0 Å². The molecule has 1 aliphatic rings. The van der Waals surface area contributed by atoms with Crippen molar-refractivity contribution in [3.05, 3.63) is 24.3 Å². The summed E-state index contributed by atoms with van der Waals surface area (Å²) in [5.41, 5.74) is 2.19. The molecule has 0 unspecified atom stereocenters. The van der Waals surface area contributed by atoms with Crippen molar-refractivity contribution in [2.45, 2.75) is 0 Å². The molecular weight excluding hydrogens is 244 g/mol. The quantitative estimate of drug-likeness (QED) is 0.746. The maximum absolute atomic E-state index is 5.48. The molecule has 106 valence electrons. The Bertz CT molecular complexity index is 327. The lowest BCUT2D eigenvalue weighted by Gasteiger charge is -2.13. The molecule has 0 bridgehead atoms. The summed E-state index contributed by atoms with van der Waals surface area (Å²) in [6.07, 6.45) is 0. The van der Waals surface area contributed by atoms with E-state index < -0.39 is 0 Å². The average Bonchev–Trinajstić information content (AvgIpc) is 2.45. The molecule has 0 amide bonds. The number of anilines is 2. The van der Waals surface area contributed by atoms with Gasteiger partial charge in [0.25, 0.3) is 0 Å². The van der Waals surface area contributed by atoms with Gasteiger partial charge in [0.15, 0.2) is 0 Å². The molecule has 5 heteroatoms. The Kier molecular flexibility index (Phi) is 6.49. The van der Waals surface area contributed by atoms with Crippen LogP contribution in [0, 0.1) is 0 Å². The van der Waals surface area contributed by atoms with Gasteiger partial charge in [0.05, 0.1) is 51.0 Å². The molecule has 19 heavy (non-hydrogen) atoms. The van der Waals surface area contributed by atoms with Crippen molar-refractivity contribution >= 4 is 11.4 Å². The van der Waals surface area contributed by atoms with Crippen molar-refractivity contribution in [3.8, 4) is 0 Å². The number of rotatable bonds is 0. The van der Waals surface area contributed by atoms with Gasteiger partial charge in [-0.25, -0.2) is 0 Å². The molecule has 0 radical (unpaired) electrons. The lowest BCUT2D eigenvalue weighted by molar-refractivity contribution is 0.0184. The molecule has 0 atom stereocenters. The van der Waals surface area contributed by atoms with E-state index in [-0.39, 0.29) is 0 Å². The van der Waals surface area contributed by atoms with Gasteiger partial charge in [-0.1, -0.05) is 12.1 Å². The van der Waals surface area contributed by atoms with Crippen LogP contribution in [-0.2, 0) is 14.2 Å². The SMILES string of the molecule is c1ccc2c(c1)NCCOCCOCCOCCN2. The zero-order valence-corrected chi connectivity index (χ0v) is 11.2. The fourth-order valence-electron chi connectivity index (χ4n) is 1.85. The molecule has 0 aliphatic carbocycles. The third kappa shape index (κ3) is 5.46. The molecule has 5 nitrogen and oxygen atoms in total. The van der Waals surface area contributed by atoms with Crippen LogP contribution in [0.25, 0.3) is 0 Å². The molecular formula is C14H22N2O3. The molecule has 0 aromatic heterocycles. The fourth-order valence-corrected chi connectivity index (χ4v) is 1.85. The van der Waals surface area contributed by atoms with E-state index in [1.54, 1.807) is 0 Å². The van der Waals surface area contributed by atoms with Crippen molar-refractivity contribution in [2.75, 3.05) is 63.4 Å². The predicted molar refractivity (Wildman–Crippen MR) is 75.9 cm³/mol. The first kappa shape index (κ1) is 14.1. The van der Waals surface area contributed by atoms with E-state index in [2.05, 4.69) is 22.8 Å². The molecule has 0 fully saturated rings. The summed E-state index contributed by atoms with van der Waals surface area (Å²) < 4.78 is 16.3. The minimum atomic E-state index is 0.623. The summed E-state index contributed by atoms with van der Waals surface area (Å²) in [5, 5.41) is 6.73. The molecule has 1 aromatic rings. The Morgan fingerprint density at radius 1 is 0.632 bits per heavy atom. The van der Waals surface area contributed by atoms with Crippen LogP contribution in [0.4, 0.5) is 11.4 Å². The van der Waals surface area contributed by atoms with Crippen molar-refractivity contribution in [1.82, 2.24) is 0 Å². The first-order valence-electron chi connectivity index (χ1n) is 6.77.